The van der Waals surface area contributed by atoms with Gasteiger partial charge in [0.2, 0.25) is 0 Å². The minimum Gasteiger partial charge on any atom is -0.376 e. The van der Waals surface area contributed by atoms with Gasteiger partial charge in [-0.1, -0.05) is 0 Å². The number of hydrogen-bond donors (Lipinski definition) is 0. The highest BCUT2D eigenvalue weighted by atomic mass is 32.1. The molecule has 1 amide bonds. The molecule has 2 fully saturated rings. The Morgan fingerprint density at radius 1 is 1.32 bits per heavy atom. The third-order valence-corrected chi connectivity index (χ3v) is 5.49. The zero-order chi connectivity index (χ0) is 15.1. The van der Waals surface area contributed by atoms with Crippen LogP contribution in [0.4, 0.5) is 4.39 Å². The van der Waals surface area contributed by atoms with Gasteiger partial charge in [0, 0.05) is 24.4 Å². The van der Waals surface area contributed by atoms with Crippen LogP contribution in [0.2, 0.25) is 0 Å². The number of fused-ring (bicyclic) bond motifs is 1. The van der Waals surface area contributed by atoms with Crippen molar-refractivity contribution in [2.24, 2.45) is 5.92 Å². The second kappa shape index (κ2) is 5.63. The number of carbonyl (C=O) groups is 1. The Bertz CT molecular complexity index is 710. The number of ether oxygens (including phenoxy) is 1. The average molecular weight is 319 g/mol. The molecule has 1 saturated heterocycles. The summed E-state index contributed by atoms with van der Waals surface area (Å²) < 4.78 is 20.1. The van der Waals surface area contributed by atoms with Crippen LogP contribution in [0.5, 0.6) is 0 Å². The van der Waals surface area contributed by atoms with Crippen molar-refractivity contribution in [2.75, 3.05) is 19.7 Å². The normalized spacial score (nSPS) is 21.7. The first kappa shape index (κ1) is 14.2. The predicted molar refractivity (Wildman–Crippen MR) is 84.8 cm³/mol. The van der Waals surface area contributed by atoms with Crippen LogP contribution in [-0.2, 0) is 4.74 Å². The Balaban J connectivity index is 1.43. The molecule has 1 atom stereocenters. The summed E-state index contributed by atoms with van der Waals surface area (Å²) in [6.07, 6.45) is 3.66. The van der Waals surface area contributed by atoms with Crippen molar-refractivity contribution in [1.82, 2.24) is 4.90 Å². The van der Waals surface area contributed by atoms with Crippen molar-refractivity contribution >= 4 is 27.3 Å². The molecule has 1 aliphatic heterocycles. The fraction of sp³-hybridized carbons (Fsp3) is 0.471. The third kappa shape index (κ3) is 2.88. The molecule has 0 unspecified atom stereocenters. The first-order valence-corrected chi connectivity index (χ1v) is 8.60. The number of hydrogen-bond acceptors (Lipinski definition) is 3. The molecule has 1 aliphatic carbocycles. The third-order valence-electron chi connectivity index (χ3n) is 4.39. The number of thiophene rings is 1. The standard InChI is InChI=1S/C17H18FNO2S/c18-13-3-4-15-12(7-13)8-16(22-15)17(20)19-6-5-14(9-19)21-10-11-1-2-11/h3-4,7-8,11,14H,1-2,5-6,9-10H2/t14-/m0/s1. The van der Waals surface area contributed by atoms with E-state index < -0.39 is 0 Å². The molecule has 1 aromatic heterocycles. The molecule has 5 heteroatoms. The summed E-state index contributed by atoms with van der Waals surface area (Å²) in [4.78, 5) is 15.1. The minimum atomic E-state index is -0.265. The van der Waals surface area contributed by atoms with Crippen LogP contribution in [0.25, 0.3) is 10.1 Å². The van der Waals surface area contributed by atoms with Crippen molar-refractivity contribution in [3.05, 3.63) is 35.0 Å². The van der Waals surface area contributed by atoms with E-state index in [1.165, 1.54) is 36.3 Å². The molecule has 22 heavy (non-hydrogen) atoms. The molecular formula is C17H18FNO2S. The smallest absolute Gasteiger partial charge is 0.264 e. The number of benzene rings is 1. The first-order chi connectivity index (χ1) is 10.7. The fourth-order valence-corrected chi connectivity index (χ4v) is 3.89. The van der Waals surface area contributed by atoms with Crippen molar-refractivity contribution < 1.29 is 13.9 Å². The topological polar surface area (TPSA) is 29.5 Å². The van der Waals surface area contributed by atoms with E-state index in [9.17, 15) is 9.18 Å². The van der Waals surface area contributed by atoms with Gasteiger partial charge < -0.3 is 9.64 Å². The van der Waals surface area contributed by atoms with Crippen LogP contribution in [-0.4, -0.2) is 36.6 Å². The SMILES string of the molecule is O=C(c1cc2cc(F)ccc2s1)N1CC[C@H](OCC2CC2)C1. The lowest BCUT2D eigenvalue weighted by molar-refractivity contribution is 0.0482. The van der Waals surface area contributed by atoms with E-state index in [-0.39, 0.29) is 17.8 Å². The molecule has 3 nitrogen and oxygen atoms in total. The molecule has 2 aliphatic rings. The zero-order valence-corrected chi connectivity index (χ0v) is 13.1. The number of halogens is 1. The van der Waals surface area contributed by atoms with E-state index in [2.05, 4.69) is 0 Å². The molecule has 0 N–H and O–H groups in total. The van der Waals surface area contributed by atoms with Crippen molar-refractivity contribution in [2.45, 2.75) is 25.4 Å². The monoisotopic (exact) mass is 319 g/mol. The summed E-state index contributed by atoms with van der Waals surface area (Å²) >= 11 is 1.43. The van der Waals surface area contributed by atoms with Gasteiger partial charge in [-0.15, -0.1) is 11.3 Å². The summed E-state index contributed by atoms with van der Waals surface area (Å²) in [7, 11) is 0. The molecule has 116 valence electrons. The van der Waals surface area contributed by atoms with E-state index in [0.29, 0.717) is 11.4 Å². The van der Waals surface area contributed by atoms with Crippen molar-refractivity contribution in [1.29, 1.82) is 0 Å². The van der Waals surface area contributed by atoms with Gasteiger partial charge in [-0.3, -0.25) is 4.79 Å². The van der Waals surface area contributed by atoms with Gasteiger partial charge in [-0.2, -0.15) is 0 Å². The maximum atomic E-state index is 13.2. The van der Waals surface area contributed by atoms with E-state index in [0.717, 1.165) is 35.6 Å². The molecule has 0 spiro atoms. The van der Waals surface area contributed by atoms with Gasteiger partial charge in [0.15, 0.2) is 0 Å². The zero-order valence-electron chi connectivity index (χ0n) is 12.3. The van der Waals surface area contributed by atoms with E-state index in [4.69, 9.17) is 4.74 Å². The molecule has 2 aromatic rings. The van der Waals surface area contributed by atoms with Crippen LogP contribution in [0, 0.1) is 11.7 Å². The maximum absolute atomic E-state index is 13.2. The molecule has 1 aromatic carbocycles. The fourth-order valence-electron chi connectivity index (χ4n) is 2.88. The Hall–Kier alpha value is -1.46. The number of carbonyl (C=O) groups excluding carboxylic acids is 1. The predicted octanol–water partition coefficient (Wildman–Crippen LogP) is 3.68. The largest absolute Gasteiger partial charge is 0.376 e. The first-order valence-electron chi connectivity index (χ1n) is 7.79. The number of amides is 1. The summed E-state index contributed by atoms with van der Waals surface area (Å²) in [5, 5.41) is 0.800. The van der Waals surface area contributed by atoms with Crippen LogP contribution in [0.1, 0.15) is 28.9 Å². The van der Waals surface area contributed by atoms with Crippen LogP contribution in [0.3, 0.4) is 0 Å². The lowest BCUT2D eigenvalue weighted by Crippen LogP contribution is -2.29. The number of rotatable bonds is 4. The molecule has 1 saturated carbocycles. The lowest BCUT2D eigenvalue weighted by Gasteiger charge is -2.15. The summed E-state index contributed by atoms with van der Waals surface area (Å²) in [6.45, 7) is 2.26. The number of nitrogens with zero attached hydrogens (tertiary/aromatic N) is 1. The highest BCUT2D eigenvalue weighted by molar-refractivity contribution is 7.20. The Morgan fingerprint density at radius 3 is 3.00 bits per heavy atom. The average Bonchev–Trinajstić information content (AvgIpc) is 3.06. The van der Waals surface area contributed by atoms with Crippen molar-refractivity contribution in [3.8, 4) is 0 Å². The maximum Gasteiger partial charge on any atom is 0.264 e. The van der Waals surface area contributed by atoms with Gasteiger partial charge in [0.25, 0.3) is 5.91 Å². The Morgan fingerprint density at radius 2 is 2.18 bits per heavy atom. The molecule has 2 heterocycles. The second-order valence-electron chi connectivity index (χ2n) is 6.23. The van der Waals surface area contributed by atoms with E-state index in [1.54, 1.807) is 12.1 Å². The summed E-state index contributed by atoms with van der Waals surface area (Å²) in [5.41, 5.74) is 0. The van der Waals surface area contributed by atoms with Gasteiger partial charge >= 0.3 is 0 Å². The number of likely N-dealkylation sites (tertiary alicyclic amines) is 1. The van der Waals surface area contributed by atoms with Gasteiger partial charge in [-0.25, -0.2) is 4.39 Å². The summed E-state index contributed by atoms with van der Waals surface area (Å²) in [6, 6.07) is 6.44. The quantitative estimate of drug-likeness (QED) is 0.860. The molecule has 0 bridgehead atoms. The van der Waals surface area contributed by atoms with Crippen molar-refractivity contribution in [3.63, 3.8) is 0 Å². The molecular weight excluding hydrogens is 301 g/mol. The van der Waals surface area contributed by atoms with E-state index >= 15 is 0 Å². The van der Waals surface area contributed by atoms with Gasteiger partial charge in [0.05, 0.1) is 11.0 Å². The van der Waals surface area contributed by atoms with Crippen LogP contribution < -0.4 is 0 Å². The summed E-state index contributed by atoms with van der Waals surface area (Å²) in [5.74, 6) is 0.528. The van der Waals surface area contributed by atoms with E-state index in [1.807, 2.05) is 4.90 Å². The second-order valence-corrected chi connectivity index (χ2v) is 7.32. The van der Waals surface area contributed by atoms with Gasteiger partial charge in [0.1, 0.15) is 5.82 Å². The lowest BCUT2D eigenvalue weighted by atomic mass is 10.2. The van der Waals surface area contributed by atoms with Crippen LogP contribution in [0.15, 0.2) is 24.3 Å². The molecule has 4 rings (SSSR count). The van der Waals surface area contributed by atoms with Crippen LogP contribution >= 0.6 is 11.3 Å². The minimum absolute atomic E-state index is 0.0409. The Kier molecular flexibility index (Phi) is 3.62. The highest BCUT2D eigenvalue weighted by Crippen LogP contribution is 2.31. The highest BCUT2D eigenvalue weighted by Gasteiger charge is 2.30. The Labute approximate surface area is 132 Å². The molecule has 0 radical (unpaired) electrons. The van der Waals surface area contributed by atoms with Gasteiger partial charge in [-0.05, 0) is 54.8 Å².